The van der Waals surface area contributed by atoms with Crippen LogP contribution in [-0.2, 0) is 6.54 Å². The Morgan fingerprint density at radius 2 is 1.70 bits per heavy atom. The summed E-state index contributed by atoms with van der Waals surface area (Å²) in [6, 6.07) is 6.11. The number of aliphatic hydroxyl groups excluding tert-OH is 1. The molecule has 1 atom stereocenters. The molecule has 1 N–H and O–H groups in total. The maximum absolute atomic E-state index is 12.1. The minimum atomic E-state index is -0.672. The molecule has 1 aromatic heterocycles. The summed E-state index contributed by atoms with van der Waals surface area (Å²) in [7, 11) is 0. The van der Waals surface area contributed by atoms with E-state index in [2.05, 4.69) is 6.07 Å². The largest absolute Gasteiger partial charge is 0.387 e. The van der Waals surface area contributed by atoms with Gasteiger partial charge in [0.1, 0.15) is 0 Å². The van der Waals surface area contributed by atoms with Gasteiger partial charge >= 0.3 is 5.69 Å². The lowest BCUT2D eigenvalue weighted by molar-refractivity contribution is 0.154. The van der Waals surface area contributed by atoms with Gasteiger partial charge in [0, 0.05) is 18.4 Å². The normalized spacial score (nSPS) is 12.9. The molecule has 2 rings (SSSR count). The van der Waals surface area contributed by atoms with Crippen LogP contribution in [-0.4, -0.2) is 14.2 Å². The zero-order valence-corrected chi connectivity index (χ0v) is 12.5. The second kappa shape index (κ2) is 5.67. The minimum Gasteiger partial charge on any atom is -0.387 e. The van der Waals surface area contributed by atoms with Gasteiger partial charge in [0.2, 0.25) is 0 Å². The van der Waals surface area contributed by atoms with Crippen LogP contribution < -0.4 is 5.69 Å². The molecule has 1 heterocycles. The van der Waals surface area contributed by atoms with Crippen LogP contribution in [0, 0.1) is 13.8 Å². The number of aromatic nitrogens is 2. The van der Waals surface area contributed by atoms with Gasteiger partial charge in [0.05, 0.1) is 12.6 Å². The minimum absolute atomic E-state index is 0.0802. The fourth-order valence-corrected chi connectivity index (χ4v) is 2.45. The van der Waals surface area contributed by atoms with Crippen molar-refractivity contribution in [3.05, 3.63) is 57.8 Å². The zero-order valence-electron chi connectivity index (χ0n) is 12.5. The Hall–Kier alpha value is -1.81. The van der Waals surface area contributed by atoms with Crippen LogP contribution in [0.3, 0.4) is 0 Å². The summed E-state index contributed by atoms with van der Waals surface area (Å²) in [6.07, 6.45) is 2.82. The SMILES string of the molecule is Cc1cc(C)cc(C(O)Cn2ccn(C(C)C)c2=O)c1. The first-order valence-electron chi connectivity index (χ1n) is 6.92. The van der Waals surface area contributed by atoms with E-state index in [1.54, 1.807) is 21.5 Å². The van der Waals surface area contributed by atoms with Crippen molar-refractivity contribution in [1.82, 2.24) is 9.13 Å². The van der Waals surface area contributed by atoms with E-state index >= 15 is 0 Å². The van der Waals surface area contributed by atoms with Crippen molar-refractivity contribution >= 4 is 0 Å². The maximum atomic E-state index is 12.1. The lowest BCUT2D eigenvalue weighted by atomic mass is 10.0. The van der Waals surface area contributed by atoms with E-state index in [-0.39, 0.29) is 18.3 Å². The Balaban J connectivity index is 2.23. The number of hydrogen-bond donors (Lipinski definition) is 1. The lowest BCUT2D eigenvalue weighted by Crippen LogP contribution is -2.27. The van der Waals surface area contributed by atoms with Crippen molar-refractivity contribution in [3.8, 4) is 0 Å². The molecule has 0 radical (unpaired) electrons. The first-order valence-corrected chi connectivity index (χ1v) is 6.92. The van der Waals surface area contributed by atoms with E-state index in [4.69, 9.17) is 0 Å². The van der Waals surface area contributed by atoms with Crippen LogP contribution in [0.5, 0.6) is 0 Å². The number of aliphatic hydroxyl groups is 1. The highest BCUT2D eigenvalue weighted by Gasteiger charge is 2.13. The lowest BCUT2D eigenvalue weighted by Gasteiger charge is -2.13. The Morgan fingerprint density at radius 3 is 2.20 bits per heavy atom. The van der Waals surface area contributed by atoms with Crippen LogP contribution in [0.4, 0.5) is 0 Å². The molecular weight excluding hydrogens is 252 g/mol. The molecule has 4 nitrogen and oxygen atoms in total. The van der Waals surface area contributed by atoms with Crippen molar-refractivity contribution in [3.63, 3.8) is 0 Å². The molecule has 0 fully saturated rings. The van der Waals surface area contributed by atoms with Gasteiger partial charge in [-0.15, -0.1) is 0 Å². The molecule has 1 aromatic carbocycles. The standard InChI is InChI=1S/C16H22N2O2/c1-11(2)18-6-5-17(16(18)20)10-15(19)14-8-12(3)7-13(4)9-14/h5-9,11,15,19H,10H2,1-4H3. The molecule has 0 spiro atoms. The van der Waals surface area contributed by atoms with Crippen LogP contribution in [0.1, 0.15) is 42.7 Å². The van der Waals surface area contributed by atoms with E-state index in [9.17, 15) is 9.90 Å². The smallest absolute Gasteiger partial charge is 0.328 e. The molecule has 0 saturated carbocycles. The molecule has 0 aliphatic heterocycles. The van der Waals surface area contributed by atoms with E-state index < -0.39 is 6.10 Å². The average molecular weight is 274 g/mol. The first kappa shape index (κ1) is 14.6. The summed E-state index contributed by atoms with van der Waals surface area (Å²) in [4.78, 5) is 12.1. The molecule has 1 unspecified atom stereocenters. The molecule has 108 valence electrons. The summed E-state index contributed by atoms with van der Waals surface area (Å²) >= 11 is 0. The number of benzene rings is 1. The second-order valence-electron chi connectivity index (χ2n) is 5.67. The van der Waals surface area contributed by atoms with Gasteiger partial charge in [-0.3, -0.25) is 9.13 Å². The average Bonchev–Trinajstić information content (AvgIpc) is 2.70. The first-order chi connectivity index (χ1) is 9.38. The topological polar surface area (TPSA) is 47.2 Å². The maximum Gasteiger partial charge on any atom is 0.328 e. The van der Waals surface area contributed by atoms with E-state index in [0.29, 0.717) is 0 Å². The Kier molecular flexibility index (Phi) is 4.14. The van der Waals surface area contributed by atoms with Crippen LogP contribution in [0.2, 0.25) is 0 Å². The Morgan fingerprint density at radius 1 is 1.10 bits per heavy atom. The zero-order chi connectivity index (χ0) is 14.9. The van der Waals surface area contributed by atoms with Gasteiger partial charge in [-0.25, -0.2) is 4.79 Å². The second-order valence-corrected chi connectivity index (χ2v) is 5.67. The third-order valence-electron chi connectivity index (χ3n) is 3.43. The molecular formula is C16H22N2O2. The summed E-state index contributed by atoms with van der Waals surface area (Å²) in [5.41, 5.74) is 3.01. The highest BCUT2D eigenvalue weighted by atomic mass is 16.3. The van der Waals surface area contributed by atoms with E-state index in [1.807, 2.05) is 39.8 Å². The van der Waals surface area contributed by atoms with Crippen molar-refractivity contribution < 1.29 is 5.11 Å². The van der Waals surface area contributed by atoms with Crippen molar-refractivity contribution in [1.29, 1.82) is 0 Å². The Labute approximate surface area is 119 Å². The van der Waals surface area contributed by atoms with Gasteiger partial charge in [0.15, 0.2) is 0 Å². The van der Waals surface area contributed by atoms with Gasteiger partial charge < -0.3 is 5.11 Å². The monoisotopic (exact) mass is 274 g/mol. The molecule has 20 heavy (non-hydrogen) atoms. The van der Waals surface area contributed by atoms with E-state index in [1.165, 1.54) is 0 Å². The molecule has 0 saturated heterocycles. The van der Waals surface area contributed by atoms with Gasteiger partial charge in [-0.05, 0) is 33.3 Å². The molecule has 0 aliphatic rings. The van der Waals surface area contributed by atoms with Crippen molar-refractivity contribution in [2.75, 3.05) is 0 Å². The molecule has 2 aromatic rings. The number of aryl methyl sites for hydroxylation is 2. The number of nitrogens with zero attached hydrogens (tertiary/aromatic N) is 2. The summed E-state index contributed by atoms with van der Waals surface area (Å²) in [5, 5.41) is 10.3. The highest BCUT2D eigenvalue weighted by molar-refractivity contribution is 5.29. The van der Waals surface area contributed by atoms with Gasteiger partial charge in [-0.1, -0.05) is 29.3 Å². The summed E-state index contributed by atoms with van der Waals surface area (Å²) < 4.78 is 3.22. The predicted octanol–water partition coefficient (Wildman–Crippen LogP) is 2.58. The fraction of sp³-hybridized carbons (Fsp3) is 0.438. The highest BCUT2D eigenvalue weighted by Crippen LogP contribution is 2.18. The molecule has 0 amide bonds. The van der Waals surface area contributed by atoms with E-state index in [0.717, 1.165) is 16.7 Å². The van der Waals surface area contributed by atoms with Crippen LogP contribution >= 0.6 is 0 Å². The quantitative estimate of drug-likeness (QED) is 0.931. The fourth-order valence-electron chi connectivity index (χ4n) is 2.45. The molecule has 0 aliphatic carbocycles. The molecule has 4 heteroatoms. The number of hydrogen-bond acceptors (Lipinski definition) is 2. The van der Waals surface area contributed by atoms with Crippen molar-refractivity contribution in [2.24, 2.45) is 0 Å². The number of imidazole rings is 1. The summed E-state index contributed by atoms with van der Waals surface area (Å²) in [5.74, 6) is 0. The van der Waals surface area contributed by atoms with Crippen molar-refractivity contribution in [2.45, 2.75) is 46.4 Å². The van der Waals surface area contributed by atoms with Gasteiger partial charge in [-0.2, -0.15) is 0 Å². The summed E-state index contributed by atoms with van der Waals surface area (Å²) in [6.45, 7) is 8.22. The van der Waals surface area contributed by atoms with Crippen LogP contribution in [0.15, 0.2) is 35.4 Å². The van der Waals surface area contributed by atoms with Crippen LogP contribution in [0.25, 0.3) is 0 Å². The third kappa shape index (κ3) is 3.02. The third-order valence-corrected chi connectivity index (χ3v) is 3.43. The number of rotatable bonds is 4. The Bertz CT molecular complexity index is 632. The molecule has 0 bridgehead atoms. The predicted molar refractivity (Wildman–Crippen MR) is 80.0 cm³/mol. The van der Waals surface area contributed by atoms with Gasteiger partial charge in [0.25, 0.3) is 0 Å².